The number of nitrogens with one attached hydrogen (secondary N) is 1. The Morgan fingerprint density at radius 1 is 1.06 bits per heavy atom. The number of hydrogen-bond donors (Lipinski definition) is 1. The first kappa shape index (κ1) is 21.2. The van der Waals surface area contributed by atoms with E-state index in [0.29, 0.717) is 28.7 Å². The van der Waals surface area contributed by atoms with Gasteiger partial charge < -0.3 is 4.74 Å². The summed E-state index contributed by atoms with van der Waals surface area (Å²) in [6, 6.07) is 21.9. The second-order valence-electron chi connectivity index (χ2n) is 6.89. The minimum Gasteiger partial charge on any atom is -0.489 e. The van der Waals surface area contributed by atoms with Gasteiger partial charge in [-0.3, -0.25) is 4.79 Å². The normalized spacial score (nSPS) is 11.2. The van der Waals surface area contributed by atoms with E-state index in [1.165, 1.54) is 6.33 Å². The van der Waals surface area contributed by atoms with Gasteiger partial charge in [-0.05, 0) is 77.0 Å². The van der Waals surface area contributed by atoms with Crippen LogP contribution in [0.4, 0.5) is 0 Å². The molecule has 0 aliphatic heterocycles. The Balaban J connectivity index is 1.40. The van der Waals surface area contributed by atoms with Crippen LogP contribution in [0.3, 0.4) is 0 Å². The van der Waals surface area contributed by atoms with E-state index < -0.39 is 0 Å². The summed E-state index contributed by atoms with van der Waals surface area (Å²) in [4.78, 5) is 12.6. The average molecular weight is 447 g/mol. The highest BCUT2D eigenvalue weighted by Crippen LogP contribution is 2.17. The van der Waals surface area contributed by atoms with E-state index in [0.717, 1.165) is 16.8 Å². The summed E-state index contributed by atoms with van der Waals surface area (Å²) in [6.07, 6.45) is 1.51. The first-order valence-electron chi connectivity index (χ1n) is 9.74. The van der Waals surface area contributed by atoms with Gasteiger partial charge >= 0.3 is 0 Å². The second kappa shape index (κ2) is 9.84. The van der Waals surface area contributed by atoms with Crippen LogP contribution in [0.1, 0.15) is 28.4 Å². The van der Waals surface area contributed by atoms with Gasteiger partial charge in [0.2, 0.25) is 0 Å². The van der Waals surface area contributed by atoms with Crippen LogP contribution < -0.4 is 10.2 Å². The maximum atomic E-state index is 12.6. The zero-order valence-corrected chi connectivity index (χ0v) is 17.9. The Hall–Kier alpha value is -4.04. The third-order valence-corrected chi connectivity index (χ3v) is 4.86. The monoisotopic (exact) mass is 446 g/mol. The van der Waals surface area contributed by atoms with Crippen LogP contribution in [0.15, 0.2) is 84.2 Å². The van der Waals surface area contributed by atoms with E-state index in [9.17, 15) is 4.79 Å². The topological polar surface area (TPSA) is 94.3 Å². The predicted octanol–water partition coefficient (Wildman–Crippen LogP) is 4.05. The van der Waals surface area contributed by atoms with Gasteiger partial charge in [-0.15, -0.1) is 5.10 Å². The third-order valence-electron chi connectivity index (χ3n) is 4.61. The zero-order valence-electron chi connectivity index (χ0n) is 17.1. The molecular formula is C23H19ClN6O2. The van der Waals surface area contributed by atoms with E-state index in [1.807, 2.05) is 43.3 Å². The number of aromatic nitrogens is 4. The van der Waals surface area contributed by atoms with Crippen molar-refractivity contribution in [3.8, 4) is 11.4 Å². The number of amides is 1. The molecule has 3 aromatic carbocycles. The number of carbonyl (C=O) groups is 1. The number of hydrazone groups is 1. The molecule has 9 heteroatoms. The van der Waals surface area contributed by atoms with E-state index in [2.05, 4.69) is 26.1 Å². The Morgan fingerprint density at radius 2 is 1.84 bits per heavy atom. The van der Waals surface area contributed by atoms with Crippen molar-refractivity contribution in [1.29, 1.82) is 0 Å². The predicted molar refractivity (Wildman–Crippen MR) is 121 cm³/mol. The van der Waals surface area contributed by atoms with E-state index in [1.54, 1.807) is 41.1 Å². The molecule has 1 amide bonds. The van der Waals surface area contributed by atoms with Gasteiger partial charge in [-0.2, -0.15) is 5.10 Å². The highest BCUT2D eigenvalue weighted by molar-refractivity contribution is 6.30. The van der Waals surface area contributed by atoms with E-state index in [4.69, 9.17) is 16.3 Å². The number of halogens is 1. The SMILES string of the molecule is CC(=NNC(=O)c1cccc(COc2ccc(Cl)cc2)c1)c1cccc(-n2cnnn2)c1. The quantitative estimate of drug-likeness (QED) is 0.341. The Labute approximate surface area is 189 Å². The number of benzene rings is 3. The fourth-order valence-electron chi connectivity index (χ4n) is 2.92. The summed E-state index contributed by atoms with van der Waals surface area (Å²) in [5, 5.41) is 16.0. The summed E-state index contributed by atoms with van der Waals surface area (Å²) in [6.45, 7) is 2.14. The molecule has 0 unspecified atom stereocenters. The highest BCUT2D eigenvalue weighted by atomic mass is 35.5. The summed E-state index contributed by atoms with van der Waals surface area (Å²) in [5.74, 6) is 0.391. The molecule has 4 rings (SSSR count). The number of ether oxygens (including phenoxy) is 1. The average Bonchev–Trinajstić information content (AvgIpc) is 3.37. The Bertz CT molecular complexity index is 1240. The van der Waals surface area contributed by atoms with E-state index >= 15 is 0 Å². The Kier molecular flexibility index (Phi) is 6.52. The smallest absolute Gasteiger partial charge is 0.271 e. The minimum absolute atomic E-state index is 0.311. The molecule has 0 saturated carbocycles. The largest absolute Gasteiger partial charge is 0.489 e. The molecule has 0 atom stereocenters. The van der Waals surface area contributed by atoms with Crippen LogP contribution in [-0.4, -0.2) is 31.8 Å². The molecule has 4 aromatic rings. The van der Waals surface area contributed by atoms with Crippen molar-refractivity contribution in [2.75, 3.05) is 0 Å². The summed E-state index contributed by atoms with van der Waals surface area (Å²) >= 11 is 5.89. The van der Waals surface area contributed by atoms with Crippen molar-refractivity contribution in [3.63, 3.8) is 0 Å². The zero-order chi connectivity index (χ0) is 22.3. The molecule has 160 valence electrons. The molecule has 1 heterocycles. The molecule has 32 heavy (non-hydrogen) atoms. The van der Waals surface area contributed by atoms with Crippen molar-refractivity contribution in [2.24, 2.45) is 5.10 Å². The molecule has 0 bridgehead atoms. The number of nitrogens with zero attached hydrogens (tertiary/aromatic N) is 5. The standard InChI is InChI=1S/C23H19ClN6O2/c1-16(18-5-3-7-21(13-18)30-15-25-28-29-30)26-27-23(31)19-6-2-4-17(12-19)14-32-22-10-8-20(24)9-11-22/h2-13,15H,14H2,1H3,(H,27,31). The van der Waals surface area contributed by atoms with Crippen LogP contribution in [0.2, 0.25) is 5.02 Å². The molecule has 8 nitrogen and oxygen atoms in total. The minimum atomic E-state index is -0.311. The number of hydrogen-bond acceptors (Lipinski definition) is 6. The fraction of sp³-hybridized carbons (Fsp3) is 0.0870. The van der Waals surface area contributed by atoms with Gasteiger partial charge in [0.15, 0.2) is 0 Å². The van der Waals surface area contributed by atoms with Crippen molar-refractivity contribution in [2.45, 2.75) is 13.5 Å². The van der Waals surface area contributed by atoms with Crippen LogP contribution in [0, 0.1) is 0 Å². The van der Waals surface area contributed by atoms with Crippen LogP contribution in [0.25, 0.3) is 5.69 Å². The molecule has 1 N–H and O–H groups in total. The van der Waals surface area contributed by atoms with Gasteiger partial charge in [-0.25, -0.2) is 10.1 Å². The van der Waals surface area contributed by atoms with Crippen LogP contribution in [0.5, 0.6) is 5.75 Å². The van der Waals surface area contributed by atoms with Crippen molar-refractivity contribution < 1.29 is 9.53 Å². The van der Waals surface area contributed by atoms with Gasteiger partial charge in [-0.1, -0.05) is 35.9 Å². The number of rotatable bonds is 7. The molecule has 1 aromatic heterocycles. The van der Waals surface area contributed by atoms with Crippen LogP contribution >= 0.6 is 11.6 Å². The van der Waals surface area contributed by atoms with Gasteiger partial charge in [0.25, 0.3) is 5.91 Å². The highest BCUT2D eigenvalue weighted by Gasteiger charge is 2.08. The lowest BCUT2D eigenvalue weighted by Crippen LogP contribution is -2.19. The molecular weight excluding hydrogens is 428 g/mol. The first-order chi connectivity index (χ1) is 15.6. The summed E-state index contributed by atoms with van der Waals surface area (Å²) < 4.78 is 7.29. The number of carbonyl (C=O) groups excluding carboxylic acids is 1. The lowest BCUT2D eigenvalue weighted by Gasteiger charge is -2.08. The van der Waals surface area contributed by atoms with Gasteiger partial charge in [0.05, 0.1) is 11.4 Å². The van der Waals surface area contributed by atoms with Crippen molar-refractivity contribution in [3.05, 3.63) is 101 Å². The molecule has 0 fully saturated rings. The van der Waals surface area contributed by atoms with Crippen molar-refractivity contribution >= 4 is 23.2 Å². The van der Waals surface area contributed by atoms with Crippen molar-refractivity contribution in [1.82, 2.24) is 25.6 Å². The van der Waals surface area contributed by atoms with Gasteiger partial charge in [0.1, 0.15) is 18.7 Å². The summed E-state index contributed by atoms with van der Waals surface area (Å²) in [5.41, 5.74) is 6.23. The fourth-order valence-corrected chi connectivity index (χ4v) is 3.04. The maximum absolute atomic E-state index is 12.6. The molecule has 0 radical (unpaired) electrons. The molecule has 0 saturated heterocycles. The lowest BCUT2D eigenvalue weighted by molar-refractivity contribution is 0.0954. The molecule has 0 aliphatic carbocycles. The summed E-state index contributed by atoms with van der Waals surface area (Å²) in [7, 11) is 0. The third kappa shape index (κ3) is 5.35. The first-order valence-corrected chi connectivity index (χ1v) is 10.1. The number of tetrazole rings is 1. The van der Waals surface area contributed by atoms with E-state index in [-0.39, 0.29) is 5.91 Å². The second-order valence-corrected chi connectivity index (χ2v) is 7.32. The maximum Gasteiger partial charge on any atom is 0.271 e. The lowest BCUT2D eigenvalue weighted by atomic mass is 10.1. The van der Waals surface area contributed by atoms with Gasteiger partial charge in [0, 0.05) is 10.6 Å². The van der Waals surface area contributed by atoms with Crippen LogP contribution in [-0.2, 0) is 6.61 Å². The molecule has 0 spiro atoms. The molecule has 0 aliphatic rings. The Morgan fingerprint density at radius 3 is 2.62 bits per heavy atom.